The van der Waals surface area contributed by atoms with Crippen LogP contribution < -0.4 is 16.0 Å². The molecule has 8 saturated carbocycles. The zero-order chi connectivity index (χ0) is 47.7. The number of carbonyl (C=O) groups is 3. The number of fused-ring (bicyclic) bond motifs is 10. The van der Waals surface area contributed by atoms with E-state index in [0.29, 0.717) is 67.7 Å². The average molecular weight is 940 g/mol. The molecule has 23 atom stereocenters. The molecular weight excluding hydrogens is 847 g/mol. The first-order valence-corrected chi connectivity index (χ1v) is 28.6. The molecule has 376 valence electrons. The second kappa shape index (κ2) is 19.8. The van der Waals surface area contributed by atoms with Crippen LogP contribution in [0.5, 0.6) is 0 Å². The third-order valence-corrected chi connectivity index (χ3v) is 23.6. The minimum absolute atomic E-state index is 0.000554. The summed E-state index contributed by atoms with van der Waals surface area (Å²) in [6, 6.07) is 0.180. The van der Waals surface area contributed by atoms with Crippen LogP contribution in [0.4, 0.5) is 0 Å². The Bertz CT molecular complexity index is 1750. The fraction of sp³-hybridized carbons (Fsp3) is 0.945. The van der Waals surface area contributed by atoms with Crippen LogP contribution in [-0.2, 0) is 14.4 Å². The maximum absolute atomic E-state index is 13.8. The molecule has 66 heavy (non-hydrogen) atoms. The predicted octanol–water partition coefficient (Wildman–Crippen LogP) is 7.92. The van der Waals surface area contributed by atoms with Gasteiger partial charge >= 0.3 is 0 Å². The number of Topliss-reactive ketones (excluding diaryl/α,β-unsaturated/α-hetero) is 1. The quantitative estimate of drug-likeness (QED) is 0.0863. The zero-order valence-corrected chi connectivity index (χ0v) is 43.4. The molecule has 0 radical (unpaired) electrons. The average Bonchev–Trinajstić information content (AvgIpc) is 3.83. The first-order chi connectivity index (χ1) is 31.2. The second-order valence-electron chi connectivity index (χ2n) is 25.5. The second-order valence-corrected chi connectivity index (χ2v) is 26.5. The normalized spacial score (nSPS) is 48.6. The molecule has 0 saturated heterocycles. The van der Waals surface area contributed by atoms with Crippen LogP contribution >= 0.6 is 11.8 Å². The Hall–Kier alpha value is -1.24. The molecule has 8 aliphatic rings. The maximum Gasteiger partial charge on any atom is 0.220 e. The Morgan fingerprint density at radius 3 is 1.56 bits per heavy atom. The highest BCUT2D eigenvalue weighted by molar-refractivity contribution is 7.98. The molecule has 11 heteroatoms. The van der Waals surface area contributed by atoms with Crippen molar-refractivity contribution in [3.8, 4) is 0 Å². The summed E-state index contributed by atoms with van der Waals surface area (Å²) in [6.07, 6.45) is 16.9. The minimum Gasteiger partial charge on any atom is -0.393 e. The van der Waals surface area contributed by atoms with Gasteiger partial charge in [-0.15, -0.1) is 0 Å². The predicted molar refractivity (Wildman–Crippen MR) is 263 cm³/mol. The van der Waals surface area contributed by atoms with Crippen LogP contribution in [0.15, 0.2) is 0 Å². The van der Waals surface area contributed by atoms with Crippen LogP contribution in [0, 0.1) is 92.7 Å². The summed E-state index contributed by atoms with van der Waals surface area (Å²) in [6.45, 7) is 15.6. The minimum atomic E-state index is -0.469. The van der Waals surface area contributed by atoms with Crippen molar-refractivity contribution in [1.29, 1.82) is 0 Å². The summed E-state index contributed by atoms with van der Waals surface area (Å²) in [5.41, 5.74) is -0.390. The molecule has 0 aliphatic heterocycles. The molecule has 8 fully saturated rings. The van der Waals surface area contributed by atoms with Crippen molar-refractivity contribution in [3.05, 3.63) is 0 Å². The lowest BCUT2D eigenvalue weighted by atomic mass is 9.43. The van der Waals surface area contributed by atoms with Gasteiger partial charge in [0.05, 0.1) is 30.5 Å². The molecule has 8 aliphatic carbocycles. The Balaban J connectivity index is 0.838. The molecule has 0 spiro atoms. The summed E-state index contributed by atoms with van der Waals surface area (Å²) in [5.74, 6) is 4.32. The summed E-state index contributed by atoms with van der Waals surface area (Å²) in [4.78, 5) is 39.0. The summed E-state index contributed by atoms with van der Waals surface area (Å²) in [7, 11) is 2.07. The van der Waals surface area contributed by atoms with Gasteiger partial charge in [-0.05, 0) is 228 Å². The van der Waals surface area contributed by atoms with Crippen molar-refractivity contribution in [2.75, 3.05) is 19.1 Å². The molecule has 0 aromatic carbocycles. The lowest BCUT2D eigenvalue weighted by molar-refractivity contribution is -0.202. The maximum atomic E-state index is 13.8. The number of thioether (sulfide) groups is 1. The number of hydrogen-bond acceptors (Lipinski definition) is 9. The van der Waals surface area contributed by atoms with Crippen molar-refractivity contribution in [1.82, 2.24) is 16.0 Å². The number of aliphatic hydroxyl groups is 4. The van der Waals surface area contributed by atoms with Gasteiger partial charge in [0, 0.05) is 24.9 Å². The van der Waals surface area contributed by atoms with Gasteiger partial charge in [0.15, 0.2) is 5.78 Å². The highest BCUT2D eigenvalue weighted by Gasteiger charge is 2.67. The molecule has 0 heterocycles. The molecule has 8 rings (SSSR count). The van der Waals surface area contributed by atoms with E-state index >= 15 is 0 Å². The smallest absolute Gasteiger partial charge is 0.220 e. The Labute approximate surface area is 403 Å². The lowest BCUT2D eigenvalue weighted by Crippen LogP contribution is -2.63. The zero-order valence-electron chi connectivity index (χ0n) is 42.5. The molecular formula is C55H93N3O7S. The fourth-order valence-corrected chi connectivity index (χ4v) is 19.5. The van der Waals surface area contributed by atoms with E-state index in [2.05, 4.69) is 64.5 Å². The monoisotopic (exact) mass is 940 g/mol. The topological polar surface area (TPSA) is 168 Å². The molecule has 10 nitrogen and oxygen atoms in total. The number of amides is 2. The van der Waals surface area contributed by atoms with Crippen molar-refractivity contribution in [2.24, 2.45) is 92.7 Å². The number of nitrogens with one attached hydrogen (secondary N) is 3. The lowest BCUT2D eigenvalue weighted by Gasteiger charge is -2.63. The van der Waals surface area contributed by atoms with Gasteiger partial charge in [0.1, 0.15) is 0 Å². The van der Waals surface area contributed by atoms with E-state index in [1.165, 1.54) is 12.8 Å². The fourth-order valence-electron chi connectivity index (χ4n) is 19.0. The first-order valence-electron chi connectivity index (χ1n) is 27.2. The SMILES string of the molecule is CN[C@@H]1CCC2(C)C3CC(O)C4(C)C(C(C)CCC(=O)N[C@@H]5CCC6(C)C7CC(O)C8(C)C(C(C)CCC(=O)N[C@@H](CCSC)C(C)=O)CC[C@H]8[C@H]7[C@@H](O)C[C@@H]6C5)CC[C@H]4[C@H]3[C@@H](O)C[C@@H]2C1. The van der Waals surface area contributed by atoms with Gasteiger partial charge in [0.25, 0.3) is 0 Å². The summed E-state index contributed by atoms with van der Waals surface area (Å²) >= 11 is 1.68. The van der Waals surface area contributed by atoms with Gasteiger partial charge < -0.3 is 36.4 Å². The van der Waals surface area contributed by atoms with Crippen molar-refractivity contribution >= 4 is 29.4 Å². The van der Waals surface area contributed by atoms with Gasteiger partial charge in [-0.2, -0.15) is 11.8 Å². The third-order valence-electron chi connectivity index (χ3n) is 23.0. The van der Waals surface area contributed by atoms with E-state index in [1.54, 1.807) is 18.7 Å². The van der Waals surface area contributed by atoms with E-state index in [0.717, 1.165) is 82.8 Å². The van der Waals surface area contributed by atoms with Gasteiger partial charge in [-0.3, -0.25) is 14.4 Å². The number of rotatable bonds is 15. The highest BCUT2D eigenvalue weighted by atomic mass is 32.2. The van der Waals surface area contributed by atoms with E-state index in [1.807, 2.05) is 6.26 Å². The molecule has 0 aromatic rings. The molecule has 12 unspecified atom stereocenters. The molecule has 0 bridgehead atoms. The summed E-state index contributed by atoms with van der Waals surface area (Å²) in [5, 5.41) is 58.3. The first kappa shape index (κ1) is 51.1. The van der Waals surface area contributed by atoms with Crippen LogP contribution in [0.1, 0.15) is 170 Å². The van der Waals surface area contributed by atoms with Crippen LogP contribution in [0.2, 0.25) is 0 Å². The Morgan fingerprint density at radius 1 is 0.621 bits per heavy atom. The Kier molecular flexibility index (Phi) is 15.3. The van der Waals surface area contributed by atoms with E-state index < -0.39 is 18.2 Å². The van der Waals surface area contributed by atoms with Gasteiger partial charge in [0.2, 0.25) is 11.8 Å². The number of hydrogen-bond donors (Lipinski definition) is 7. The van der Waals surface area contributed by atoms with Crippen molar-refractivity contribution < 1.29 is 34.8 Å². The van der Waals surface area contributed by atoms with E-state index in [9.17, 15) is 34.8 Å². The summed E-state index contributed by atoms with van der Waals surface area (Å²) < 4.78 is 0. The Morgan fingerprint density at radius 2 is 1.09 bits per heavy atom. The van der Waals surface area contributed by atoms with Crippen LogP contribution in [0.25, 0.3) is 0 Å². The number of aliphatic hydroxyl groups excluding tert-OH is 4. The molecule has 2 amide bonds. The molecule has 0 aromatic heterocycles. The van der Waals surface area contributed by atoms with Crippen LogP contribution in [-0.4, -0.2) is 99.6 Å². The van der Waals surface area contributed by atoms with E-state index in [4.69, 9.17) is 0 Å². The molecule has 7 N–H and O–H groups in total. The largest absolute Gasteiger partial charge is 0.393 e. The highest BCUT2D eigenvalue weighted by Crippen LogP contribution is 2.70. The van der Waals surface area contributed by atoms with Gasteiger partial charge in [-0.25, -0.2) is 0 Å². The number of carbonyl (C=O) groups excluding carboxylic acids is 3. The van der Waals surface area contributed by atoms with Gasteiger partial charge in [-0.1, -0.05) is 41.5 Å². The van der Waals surface area contributed by atoms with E-state index in [-0.39, 0.29) is 98.9 Å². The van der Waals surface area contributed by atoms with Crippen molar-refractivity contribution in [2.45, 2.75) is 213 Å². The third kappa shape index (κ3) is 8.82. The van der Waals surface area contributed by atoms with Crippen LogP contribution in [0.3, 0.4) is 0 Å². The van der Waals surface area contributed by atoms with Crippen molar-refractivity contribution in [3.63, 3.8) is 0 Å². The standard InChI is InChI=1S/C55H93N3O7S/c1-30(37-12-14-39-50-41(28-46(62)54(37,39)6)52(4)21-18-35(56-8)24-33(52)26-44(50)60)10-16-48(64)57-36-19-22-53(5)34(25-36)27-45(61)51-40-15-13-38(55(40,7)47(63)29-42(51)53)31(2)11-17-49(65)58-43(32(3)59)20-23-66-9/h30-31,33-47,50-51,56,60-63H,10-29H2,1-9H3,(H,57,64)(H,58,65)/t30?,31?,33-,34-,35+,36+,37?,38?,39-,40-,41?,42?,43-,44-,45-,46?,47?,50+,51+,52?,53?,54?,55?/m0/s1. The number of ketones is 1.